The average Bonchev–Trinajstić information content (AvgIpc) is 3.10. The van der Waals surface area contributed by atoms with E-state index in [1.807, 2.05) is 24.3 Å². The molecule has 98 valence electrons. The van der Waals surface area contributed by atoms with Crippen molar-refractivity contribution in [2.45, 2.75) is 12.5 Å². The molecular formula is C13H14N4O2. The molecule has 3 rings (SSSR count). The van der Waals surface area contributed by atoms with Crippen LogP contribution in [-0.4, -0.2) is 32.4 Å². The smallest absolute Gasteiger partial charge is 0.307 e. The second kappa shape index (κ2) is 4.81. The lowest BCUT2D eigenvalue weighted by molar-refractivity contribution is -0.141. The van der Waals surface area contributed by atoms with Crippen LogP contribution in [0.5, 0.6) is 0 Å². The summed E-state index contributed by atoms with van der Waals surface area (Å²) < 4.78 is 1.70. The minimum Gasteiger partial charge on any atom is -0.481 e. The van der Waals surface area contributed by atoms with Crippen molar-refractivity contribution in [3.63, 3.8) is 0 Å². The average molecular weight is 258 g/mol. The zero-order valence-corrected chi connectivity index (χ0v) is 10.2. The molecule has 6 nitrogen and oxygen atoms in total. The van der Waals surface area contributed by atoms with Crippen molar-refractivity contribution < 1.29 is 9.90 Å². The molecule has 0 amide bonds. The minimum absolute atomic E-state index is 0.0431. The predicted octanol–water partition coefficient (Wildman–Crippen LogP) is 1.00. The molecule has 1 aliphatic rings. The normalized spacial score (nSPS) is 22.5. The summed E-state index contributed by atoms with van der Waals surface area (Å²) >= 11 is 0. The Morgan fingerprint density at radius 3 is 2.95 bits per heavy atom. The third-order valence-electron chi connectivity index (χ3n) is 3.46. The molecule has 19 heavy (non-hydrogen) atoms. The first-order valence-corrected chi connectivity index (χ1v) is 6.16. The molecule has 1 aliphatic heterocycles. The van der Waals surface area contributed by atoms with Gasteiger partial charge in [0.25, 0.3) is 0 Å². The van der Waals surface area contributed by atoms with E-state index in [9.17, 15) is 4.79 Å². The highest BCUT2D eigenvalue weighted by Crippen LogP contribution is 2.30. The molecule has 2 unspecified atom stereocenters. The summed E-state index contributed by atoms with van der Waals surface area (Å²) in [4.78, 5) is 15.0. The number of benzene rings is 1. The lowest BCUT2D eigenvalue weighted by atomic mass is 9.99. The van der Waals surface area contributed by atoms with Crippen LogP contribution in [0, 0.1) is 5.92 Å². The number of nitrogens with one attached hydrogen (secondary N) is 1. The molecule has 1 aromatic heterocycles. The van der Waals surface area contributed by atoms with Gasteiger partial charge in [0.2, 0.25) is 0 Å². The van der Waals surface area contributed by atoms with E-state index in [-0.39, 0.29) is 12.0 Å². The van der Waals surface area contributed by atoms with Gasteiger partial charge in [0.15, 0.2) is 0 Å². The molecule has 1 fully saturated rings. The fourth-order valence-corrected chi connectivity index (χ4v) is 2.48. The van der Waals surface area contributed by atoms with Gasteiger partial charge in [0.1, 0.15) is 12.7 Å². The van der Waals surface area contributed by atoms with E-state index in [1.54, 1.807) is 11.0 Å². The van der Waals surface area contributed by atoms with E-state index in [2.05, 4.69) is 15.4 Å². The van der Waals surface area contributed by atoms with E-state index >= 15 is 0 Å². The summed E-state index contributed by atoms with van der Waals surface area (Å²) in [7, 11) is 0. The Kier molecular flexibility index (Phi) is 3.00. The third kappa shape index (κ3) is 2.22. The zero-order chi connectivity index (χ0) is 13.2. The highest BCUT2D eigenvalue weighted by atomic mass is 16.4. The molecule has 2 N–H and O–H groups in total. The van der Waals surface area contributed by atoms with Crippen LogP contribution in [0.1, 0.15) is 18.0 Å². The second-order valence-electron chi connectivity index (χ2n) is 4.63. The Bertz CT molecular complexity index is 582. The lowest BCUT2D eigenvalue weighted by Gasteiger charge is -2.15. The fourth-order valence-electron chi connectivity index (χ4n) is 2.48. The first-order valence-electron chi connectivity index (χ1n) is 6.16. The summed E-state index contributed by atoms with van der Waals surface area (Å²) in [5.41, 5.74) is 1.99. The molecule has 6 heteroatoms. The molecular weight excluding hydrogens is 244 g/mol. The number of nitrogens with zero attached hydrogens (tertiary/aromatic N) is 3. The van der Waals surface area contributed by atoms with E-state index in [1.165, 1.54) is 6.33 Å². The first-order chi connectivity index (χ1) is 9.25. The van der Waals surface area contributed by atoms with Crippen LogP contribution in [0.15, 0.2) is 36.9 Å². The molecule has 1 aromatic carbocycles. The lowest BCUT2D eigenvalue weighted by Crippen LogP contribution is -2.18. The first kappa shape index (κ1) is 11.9. The minimum atomic E-state index is -0.742. The Morgan fingerprint density at radius 2 is 2.26 bits per heavy atom. The number of hydrogen-bond donors (Lipinski definition) is 2. The standard InChI is InChI=1S/C13H14N4O2/c18-13(19)9-5-11(15-6-9)10-3-1-2-4-12(10)17-8-14-7-16-17/h1-4,7-9,11,15H,5-6H2,(H,18,19). The van der Waals surface area contributed by atoms with Gasteiger partial charge in [0, 0.05) is 12.6 Å². The van der Waals surface area contributed by atoms with Gasteiger partial charge in [-0.05, 0) is 18.1 Å². The molecule has 0 radical (unpaired) electrons. The Labute approximate surface area is 110 Å². The van der Waals surface area contributed by atoms with Crippen LogP contribution in [0.3, 0.4) is 0 Å². The predicted molar refractivity (Wildman–Crippen MR) is 67.8 cm³/mol. The summed E-state index contributed by atoms with van der Waals surface area (Å²) in [5, 5.41) is 16.5. The van der Waals surface area contributed by atoms with Gasteiger partial charge >= 0.3 is 5.97 Å². The molecule has 0 saturated carbocycles. The van der Waals surface area contributed by atoms with E-state index in [0.717, 1.165) is 11.3 Å². The van der Waals surface area contributed by atoms with Gasteiger partial charge in [-0.2, -0.15) is 5.10 Å². The van der Waals surface area contributed by atoms with Crippen molar-refractivity contribution in [3.8, 4) is 5.69 Å². The van der Waals surface area contributed by atoms with Gasteiger partial charge in [-0.25, -0.2) is 9.67 Å². The maximum absolute atomic E-state index is 11.0. The van der Waals surface area contributed by atoms with Gasteiger partial charge in [0.05, 0.1) is 11.6 Å². The molecule has 2 heterocycles. The number of aromatic nitrogens is 3. The number of carboxylic acid groups (broad SMARTS) is 1. The van der Waals surface area contributed by atoms with Crippen molar-refractivity contribution >= 4 is 5.97 Å². The largest absolute Gasteiger partial charge is 0.481 e. The van der Waals surface area contributed by atoms with Gasteiger partial charge in [-0.1, -0.05) is 18.2 Å². The van der Waals surface area contributed by atoms with Gasteiger partial charge < -0.3 is 10.4 Å². The van der Waals surface area contributed by atoms with Crippen LogP contribution in [0.2, 0.25) is 0 Å². The summed E-state index contributed by atoms with van der Waals surface area (Å²) in [6.45, 7) is 0.506. The number of aliphatic carboxylic acids is 1. The van der Waals surface area contributed by atoms with Crippen LogP contribution in [0.25, 0.3) is 5.69 Å². The summed E-state index contributed by atoms with van der Waals surface area (Å²) in [6.07, 6.45) is 3.72. The van der Waals surface area contributed by atoms with Crippen molar-refractivity contribution in [2.75, 3.05) is 6.54 Å². The van der Waals surface area contributed by atoms with Gasteiger partial charge in [-0.15, -0.1) is 0 Å². The zero-order valence-electron chi connectivity index (χ0n) is 10.2. The number of carboxylic acids is 1. The molecule has 0 aliphatic carbocycles. The Morgan fingerprint density at radius 1 is 1.42 bits per heavy atom. The van der Waals surface area contributed by atoms with Crippen molar-refractivity contribution in [1.29, 1.82) is 0 Å². The topological polar surface area (TPSA) is 80.0 Å². The quantitative estimate of drug-likeness (QED) is 0.858. The molecule has 0 bridgehead atoms. The maximum Gasteiger partial charge on any atom is 0.307 e. The summed E-state index contributed by atoms with van der Waals surface area (Å²) in [5.74, 6) is -1.07. The molecule has 1 saturated heterocycles. The van der Waals surface area contributed by atoms with Crippen LogP contribution in [-0.2, 0) is 4.79 Å². The van der Waals surface area contributed by atoms with Crippen LogP contribution >= 0.6 is 0 Å². The van der Waals surface area contributed by atoms with E-state index in [4.69, 9.17) is 5.11 Å². The number of hydrogen-bond acceptors (Lipinski definition) is 4. The number of para-hydroxylation sites is 1. The molecule has 2 atom stereocenters. The Balaban J connectivity index is 1.92. The van der Waals surface area contributed by atoms with E-state index < -0.39 is 5.97 Å². The monoisotopic (exact) mass is 258 g/mol. The highest BCUT2D eigenvalue weighted by molar-refractivity contribution is 5.71. The Hall–Kier alpha value is -2.21. The third-order valence-corrected chi connectivity index (χ3v) is 3.46. The van der Waals surface area contributed by atoms with Crippen molar-refractivity contribution in [2.24, 2.45) is 5.92 Å². The van der Waals surface area contributed by atoms with Gasteiger partial charge in [-0.3, -0.25) is 4.79 Å². The maximum atomic E-state index is 11.0. The number of rotatable bonds is 3. The summed E-state index contributed by atoms with van der Waals surface area (Å²) in [6, 6.07) is 7.88. The second-order valence-corrected chi connectivity index (χ2v) is 4.63. The highest BCUT2D eigenvalue weighted by Gasteiger charge is 2.31. The van der Waals surface area contributed by atoms with Crippen molar-refractivity contribution in [1.82, 2.24) is 20.1 Å². The fraction of sp³-hybridized carbons (Fsp3) is 0.308. The molecule has 0 spiro atoms. The number of carbonyl (C=O) groups is 1. The van der Waals surface area contributed by atoms with E-state index in [0.29, 0.717) is 13.0 Å². The van der Waals surface area contributed by atoms with Crippen molar-refractivity contribution in [3.05, 3.63) is 42.5 Å². The molecule has 2 aromatic rings. The van der Waals surface area contributed by atoms with Crippen LogP contribution < -0.4 is 5.32 Å². The van der Waals surface area contributed by atoms with Crippen LogP contribution in [0.4, 0.5) is 0 Å². The SMILES string of the molecule is O=C(O)C1CNC(c2ccccc2-n2cncn2)C1.